The molecule has 0 aromatic carbocycles. The summed E-state index contributed by atoms with van der Waals surface area (Å²) in [4.78, 5) is 31.9. The van der Waals surface area contributed by atoms with E-state index in [4.69, 9.17) is 5.73 Å². The Labute approximate surface area is 175 Å². The monoisotopic (exact) mass is 405 g/mol. The molecule has 7 nitrogen and oxygen atoms in total. The van der Waals surface area contributed by atoms with Crippen molar-refractivity contribution in [3.05, 3.63) is 35.8 Å². The van der Waals surface area contributed by atoms with E-state index in [1.807, 2.05) is 12.1 Å². The molecule has 5 aliphatic rings. The second-order valence-electron chi connectivity index (χ2n) is 10.7. The van der Waals surface area contributed by atoms with Crippen LogP contribution in [0.2, 0.25) is 0 Å². The van der Waals surface area contributed by atoms with Gasteiger partial charge in [-0.25, -0.2) is 4.98 Å². The lowest BCUT2D eigenvalue weighted by atomic mass is 9.71. The molecule has 4 saturated carbocycles. The number of amides is 2. The van der Waals surface area contributed by atoms with Crippen molar-refractivity contribution in [1.82, 2.24) is 19.6 Å². The van der Waals surface area contributed by atoms with Crippen molar-refractivity contribution in [2.24, 2.45) is 34.3 Å². The molecule has 7 heteroatoms. The number of nitrogens with one attached hydrogen (secondary N) is 1. The predicted octanol–water partition coefficient (Wildman–Crippen LogP) is 1.67. The molecule has 156 valence electrons. The van der Waals surface area contributed by atoms with Crippen LogP contribution in [0, 0.1) is 28.6 Å². The zero-order valence-electron chi connectivity index (χ0n) is 17.0. The van der Waals surface area contributed by atoms with Crippen LogP contribution in [0.1, 0.15) is 53.1 Å². The van der Waals surface area contributed by atoms with Gasteiger partial charge in [0.1, 0.15) is 17.0 Å². The Morgan fingerprint density at radius 1 is 1.23 bits per heavy atom. The molecule has 5 fully saturated rings. The quantitative estimate of drug-likeness (QED) is 0.809. The molecular formula is C23H27N5O2. The minimum atomic E-state index is -0.123. The Kier molecular flexibility index (Phi) is 3.13. The summed E-state index contributed by atoms with van der Waals surface area (Å²) in [7, 11) is 0. The molecule has 2 bridgehead atoms. The van der Waals surface area contributed by atoms with Crippen LogP contribution >= 0.6 is 0 Å². The number of carbonyl (C=O) groups excluding carboxylic acids is 2. The van der Waals surface area contributed by atoms with Crippen molar-refractivity contribution in [3.8, 4) is 0 Å². The van der Waals surface area contributed by atoms with E-state index in [9.17, 15) is 9.59 Å². The number of likely N-dealkylation sites (tertiary alicyclic amines) is 1. The van der Waals surface area contributed by atoms with E-state index < -0.39 is 0 Å². The summed E-state index contributed by atoms with van der Waals surface area (Å²) in [6.07, 6.45) is 8.46. The molecule has 3 heterocycles. The van der Waals surface area contributed by atoms with E-state index >= 15 is 0 Å². The van der Waals surface area contributed by atoms with Gasteiger partial charge in [0, 0.05) is 31.9 Å². The van der Waals surface area contributed by atoms with Gasteiger partial charge in [-0.1, -0.05) is 6.07 Å². The van der Waals surface area contributed by atoms with Crippen molar-refractivity contribution in [2.45, 2.75) is 38.1 Å². The second kappa shape index (κ2) is 5.44. The number of aromatic nitrogens is 2. The Bertz CT molecular complexity index is 1100. The van der Waals surface area contributed by atoms with E-state index in [2.05, 4.69) is 10.3 Å². The first-order valence-electron chi connectivity index (χ1n) is 11.3. The average Bonchev–Trinajstić information content (AvgIpc) is 3.54. The summed E-state index contributed by atoms with van der Waals surface area (Å²) in [5.41, 5.74) is 8.29. The van der Waals surface area contributed by atoms with Crippen LogP contribution < -0.4 is 11.1 Å². The molecule has 1 aliphatic heterocycles. The highest BCUT2D eigenvalue weighted by Crippen LogP contribution is 2.83. The summed E-state index contributed by atoms with van der Waals surface area (Å²) in [5, 5.41) is 3.25. The molecule has 7 rings (SSSR count). The van der Waals surface area contributed by atoms with Gasteiger partial charge in [0.15, 0.2) is 0 Å². The first-order valence-corrected chi connectivity index (χ1v) is 11.3. The number of hydrogen-bond donors (Lipinski definition) is 2. The maximum Gasteiger partial charge on any atom is 0.274 e. The number of fused-ring (bicyclic) bond motifs is 3. The summed E-state index contributed by atoms with van der Waals surface area (Å²) >= 11 is 0. The predicted molar refractivity (Wildman–Crippen MR) is 110 cm³/mol. The van der Waals surface area contributed by atoms with Crippen LogP contribution in [0.4, 0.5) is 0 Å². The van der Waals surface area contributed by atoms with E-state index in [0.29, 0.717) is 41.0 Å². The van der Waals surface area contributed by atoms with Gasteiger partial charge in [-0.3, -0.25) is 14.0 Å². The van der Waals surface area contributed by atoms with Gasteiger partial charge in [0.2, 0.25) is 0 Å². The lowest BCUT2D eigenvalue weighted by Gasteiger charge is -2.36. The van der Waals surface area contributed by atoms with Crippen LogP contribution in [0.15, 0.2) is 24.4 Å². The number of nitrogens with two attached hydrogens (primary N) is 1. The molecular weight excluding hydrogens is 378 g/mol. The minimum absolute atomic E-state index is 0.0539. The van der Waals surface area contributed by atoms with Crippen LogP contribution in [0.25, 0.3) is 5.65 Å². The zero-order valence-corrected chi connectivity index (χ0v) is 17.0. The first-order chi connectivity index (χ1) is 14.5. The molecule has 1 saturated heterocycles. The third-order valence-corrected chi connectivity index (χ3v) is 8.78. The van der Waals surface area contributed by atoms with Gasteiger partial charge in [-0.15, -0.1) is 0 Å². The van der Waals surface area contributed by atoms with Gasteiger partial charge >= 0.3 is 0 Å². The molecule has 4 aliphatic carbocycles. The number of rotatable bonds is 4. The molecule has 1 spiro atoms. The van der Waals surface area contributed by atoms with E-state index in [0.717, 1.165) is 24.3 Å². The van der Waals surface area contributed by atoms with E-state index in [1.54, 1.807) is 21.6 Å². The van der Waals surface area contributed by atoms with Crippen molar-refractivity contribution in [2.75, 3.05) is 19.6 Å². The molecule has 30 heavy (non-hydrogen) atoms. The Morgan fingerprint density at radius 2 is 2.10 bits per heavy atom. The van der Waals surface area contributed by atoms with Crippen LogP contribution in [0.3, 0.4) is 0 Å². The Balaban J connectivity index is 1.11. The number of carbonyl (C=O) groups is 2. The average molecular weight is 406 g/mol. The van der Waals surface area contributed by atoms with E-state index in [-0.39, 0.29) is 17.9 Å². The molecule has 2 aromatic rings. The molecule has 2 amide bonds. The number of imidazole rings is 1. The van der Waals surface area contributed by atoms with Gasteiger partial charge < -0.3 is 16.0 Å². The highest BCUT2D eigenvalue weighted by Gasteiger charge is 2.76. The van der Waals surface area contributed by atoms with Crippen molar-refractivity contribution < 1.29 is 9.59 Å². The van der Waals surface area contributed by atoms with Gasteiger partial charge in [-0.05, 0) is 72.8 Å². The molecule has 0 radical (unpaired) electrons. The number of nitrogens with zero attached hydrogens (tertiary/aromatic N) is 3. The SMILES string of the molecule is NC1CN(C(=O)c2cn3c(C(=O)NCC45CC6C[C@@H]6C6(CC6C4)C5)cccc3n2)C1. The molecule has 5 atom stereocenters. The fourth-order valence-corrected chi connectivity index (χ4v) is 7.36. The fraction of sp³-hybridized carbons (Fsp3) is 0.609. The third-order valence-electron chi connectivity index (χ3n) is 8.78. The lowest BCUT2D eigenvalue weighted by molar-refractivity contribution is 0.0602. The molecule has 3 N–H and O–H groups in total. The topological polar surface area (TPSA) is 92.7 Å². The molecule has 4 unspecified atom stereocenters. The van der Waals surface area contributed by atoms with Crippen molar-refractivity contribution in [3.63, 3.8) is 0 Å². The maximum atomic E-state index is 13.1. The van der Waals surface area contributed by atoms with Gasteiger partial charge in [-0.2, -0.15) is 0 Å². The number of hydrogen-bond acceptors (Lipinski definition) is 4. The largest absolute Gasteiger partial charge is 0.350 e. The normalized spacial score (nSPS) is 38.0. The highest BCUT2D eigenvalue weighted by atomic mass is 16.2. The summed E-state index contributed by atoms with van der Waals surface area (Å²) in [6, 6.07) is 5.52. The van der Waals surface area contributed by atoms with Crippen LogP contribution in [-0.2, 0) is 0 Å². The fourth-order valence-electron chi connectivity index (χ4n) is 7.36. The van der Waals surface area contributed by atoms with Crippen molar-refractivity contribution >= 4 is 17.5 Å². The third kappa shape index (κ3) is 2.27. The van der Waals surface area contributed by atoms with Gasteiger partial charge in [0.05, 0.1) is 0 Å². The van der Waals surface area contributed by atoms with Crippen molar-refractivity contribution in [1.29, 1.82) is 0 Å². The Hall–Kier alpha value is -2.41. The first kappa shape index (κ1) is 17.3. The summed E-state index contributed by atoms with van der Waals surface area (Å²) in [5.74, 6) is 2.65. The summed E-state index contributed by atoms with van der Waals surface area (Å²) in [6.45, 7) is 1.90. The summed E-state index contributed by atoms with van der Waals surface area (Å²) < 4.78 is 1.74. The standard InChI is InChI=1S/C23H27N5O2/c24-15-8-27(9-15)21(30)17-10-28-18(2-1-3-19(28)26-17)20(29)25-12-22-5-13-4-16(13)23(11-22)7-14(23)6-22/h1-3,10,13-16H,4-9,11-12,24H2,(H,25,29)/t13?,14?,16-,22?,23?/m0/s1. The smallest absolute Gasteiger partial charge is 0.274 e. The lowest BCUT2D eigenvalue weighted by Crippen LogP contribution is -2.57. The van der Waals surface area contributed by atoms with Crippen LogP contribution in [0.5, 0.6) is 0 Å². The molecule has 2 aromatic heterocycles. The highest BCUT2D eigenvalue weighted by molar-refractivity contribution is 5.96. The van der Waals surface area contributed by atoms with Crippen LogP contribution in [-0.4, -0.2) is 51.8 Å². The maximum absolute atomic E-state index is 13.1. The van der Waals surface area contributed by atoms with E-state index in [1.165, 1.54) is 32.1 Å². The number of pyridine rings is 1. The minimum Gasteiger partial charge on any atom is -0.350 e. The second-order valence-corrected chi connectivity index (χ2v) is 10.7. The Morgan fingerprint density at radius 3 is 2.93 bits per heavy atom. The van der Waals surface area contributed by atoms with Gasteiger partial charge in [0.25, 0.3) is 11.8 Å². The zero-order chi connectivity index (χ0) is 20.3.